The van der Waals surface area contributed by atoms with Crippen LogP contribution in [0.1, 0.15) is 34.4 Å². The standard InChI is InChI=1S/C24H21BFNO4/c26-20-12-18-14-30-25(29)19(18)11-17(20)13-21-24(28)31-23(16-9-5-2-6-10-16)22(27-21)15-7-3-1-4-8-15/h1-12,21-23,27,29H,13-14H2/t21-,22-,23+/m0/s1. The van der Waals surface area contributed by atoms with Crippen LogP contribution in [-0.2, 0) is 27.2 Å². The van der Waals surface area contributed by atoms with Crippen LogP contribution in [0.15, 0.2) is 72.8 Å². The van der Waals surface area contributed by atoms with E-state index in [1.54, 1.807) is 6.07 Å². The molecule has 156 valence electrons. The number of nitrogens with one attached hydrogen (secondary N) is 1. The highest BCUT2D eigenvalue weighted by atomic mass is 19.1. The summed E-state index contributed by atoms with van der Waals surface area (Å²) >= 11 is 0. The molecule has 0 saturated carbocycles. The first-order valence-corrected chi connectivity index (χ1v) is 10.3. The van der Waals surface area contributed by atoms with Crippen LogP contribution in [0.3, 0.4) is 0 Å². The molecule has 2 aliphatic rings. The Bertz CT molecular complexity index is 1100. The fourth-order valence-corrected chi connectivity index (χ4v) is 4.29. The second-order valence-electron chi connectivity index (χ2n) is 7.89. The third-order valence-corrected chi connectivity index (χ3v) is 5.89. The molecule has 0 aliphatic carbocycles. The van der Waals surface area contributed by atoms with Crippen LogP contribution in [0.25, 0.3) is 0 Å². The lowest BCUT2D eigenvalue weighted by Gasteiger charge is -2.37. The second kappa shape index (κ2) is 8.27. The highest BCUT2D eigenvalue weighted by Gasteiger charge is 2.39. The van der Waals surface area contributed by atoms with Crippen LogP contribution in [0.5, 0.6) is 0 Å². The largest absolute Gasteiger partial charge is 0.491 e. The maximum Gasteiger partial charge on any atom is 0.491 e. The predicted octanol–water partition coefficient (Wildman–Crippen LogP) is 2.58. The van der Waals surface area contributed by atoms with Crippen molar-refractivity contribution in [1.29, 1.82) is 0 Å². The number of rotatable bonds is 4. The number of halogens is 1. The molecule has 2 N–H and O–H groups in total. The number of morpholine rings is 1. The van der Waals surface area contributed by atoms with Crippen molar-refractivity contribution in [3.63, 3.8) is 0 Å². The highest BCUT2D eigenvalue weighted by molar-refractivity contribution is 6.61. The van der Waals surface area contributed by atoms with Crippen LogP contribution in [-0.4, -0.2) is 24.2 Å². The van der Waals surface area contributed by atoms with Gasteiger partial charge in [0.1, 0.15) is 18.0 Å². The van der Waals surface area contributed by atoms with E-state index in [4.69, 9.17) is 9.39 Å². The summed E-state index contributed by atoms with van der Waals surface area (Å²) in [6.45, 7) is 0.173. The third-order valence-electron chi connectivity index (χ3n) is 5.89. The van der Waals surface area contributed by atoms with E-state index < -0.39 is 31.1 Å². The molecule has 0 aromatic heterocycles. The lowest BCUT2D eigenvalue weighted by molar-refractivity contribution is -0.160. The van der Waals surface area contributed by atoms with Gasteiger partial charge in [-0.25, -0.2) is 4.39 Å². The maximum absolute atomic E-state index is 14.7. The first-order chi connectivity index (χ1) is 15.1. The van der Waals surface area contributed by atoms with Gasteiger partial charge in [0.2, 0.25) is 0 Å². The Morgan fingerprint density at radius 2 is 1.71 bits per heavy atom. The van der Waals surface area contributed by atoms with Crippen LogP contribution >= 0.6 is 0 Å². The Kier molecular flexibility index (Phi) is 5.32. The Labute approximate surface area is 180 Å². The average Bonchev–Trinajstić information content (AvgIpc) is 3.15. The number of fused-ring (bicyclic) bond motifs is 1. The zero-order chi connectivity index (χ0) is 21.4. The van der Waals surface area contributed by atoms with Gasteiger partial charge in [-0.05, 0) is 33.8 Å². The summed E-state index contributed by atoms with van der Waals surface area (Å²) in [5.41, 5.74) is 3.37. The minimum Gasteiger partial charge on any atom is -0.454 e. The number of carbonyl (C=O) groups is 1. The van der Waals surface area contributed by atoms with Crippen molar-refractivity contribution < 1.29 is 23.6 Å². The van der Waals surface area contributed by atoms with E-state index in [0.29, 0.717) is 16.6 Å². The zero-order valence-corrected chi connectivity index (χ0v) is 16.7. The molecule has 5 nitrogen and oxygen atoms in total. The molecule has 3 aromatic rings. The highest BCUT2D eigenvalue weighted by Crippen LogP contribution is 2.36. The second-order valence-corrected chi connectivity index (χ2v) is 7.89. The van der Waals surface area contributed by atoms with Crippen LogP contribution < -0.4 is 10.8 Å². The molecule has 5 rings (SSSR count). The van der Waals surface area contributed by atoms with Crippen molar-refractivity contribution in [1.82, 2.24) is 5.32 Å². The lowest BCUT2D eigenvalue weighted by Crippen LogP contribution is -2.50. The summed E-state index contributed by atoms with van der Waals surface area (Å²) in [4.78, 5) is 12.9. The number of hydrogen-bond donors (Lipinski definition) is 2. The van der Waals surface area contributed by atoms with Gasteiger partial charge in [0.25, 0.3) is 0 Å². The van der Waals surface area contributed by atoms with E-state index in [1.807, 2.05) is 60.7 Å². The van der Waals surface area contributed by atoms with Gasteiger partial charge < -0.3 is 14.4 Å². The first-order valence-electron chi connectivity index (χ1n) is 10.3. The summed E-state index contributed by atoms with van der Waals surface area (Å²) in [5, 5.41) is 13.3. The third kappa shape index (κ3) is 3.88. The molecule has 0 spiro atoms. The molecule has 1 saturated heterocycles. The molecule has 2 heterocycles. The Hall–Kier alpha value is -3.00. The molecule has 1 fully saturated rings. The Morgan fingerprint density at radius 3 is 2.42 bits per heavy atom. The fraction of sp³-hybridized carbons (Fsp3) is 0.208. The van der Waals surface area contributed by atoms with Crippen molar-refractivity contribution in [2.45, 2.75) is 31.2 Å². The summed E-state index contributed by atoms with van der Waals surface area (Å²) < 4.78 is 25.7. The molecular formula is C24H21BFNO4. The number of esters is 1. The minimum absolute atomic E-state index is 0.107. The Balaban J connectivity index is 1.45. The van der Waals surface area contributed by atoms with E-state index in [-0.39, 0.29) is 19.1 Å². The van der Waals surface area contributed by atoms with Gasteiger partial charge in [-0.2, -0.15) is 0 Å². The van der Waals surface area contributed by atoms with E-state index in [1.165, 1.54) is 6.07 Å². The molecule has 0 unspecified atom stereocenters. The van der Waals surface area contributed by atoms with Gasteiger partial charge in [-0.1, -0.05) is 66.7 Å². The maximum atomic E-state index is 14.7. The minimum atomic E-state index is -1.07. The molecule has 31 heavy (non-hydrogen) atoms. The average molecular weight is 417 g/mol. The number of ether oxygens (including phenoxy) is 1. The van der Waals surface area contributed by atoms with Gasteiger partial charge in [0, 0.05) is 6.42 Å². The smallest absolute Gasteiger partial charge is 0.454 e. The van der Waals surface area contributed by atoms with Crippen LogP contribution in [0, 0.1) is 5.82 Å². The predicted molar refractivity (Wildman–Crippen MR) is 114 cm³/mol. The first kappa shape index (κ1) is 19.9. The molecule has 7 heteroatoms. The van der Waals surface area contributed by atoms with E-state index in [9.17, 15) is 14.2 Å². The molecular weight excluding hydrogens is 396 g/mol. The van der Waals surface area contributed by atoms with Crippen molar-refractivity contribution in [2.24, 2.45) is 0 Å². The normalized spacial score (nSPS) is 22.8. The fourth-order valence-electron chi connectivity index (χ4n) is 4.29. The molecule has 0 radical (unpaired) electrons. The number of hydrogen-bond acceptors (Lipinski definition) is 5. The SMILES string of the molecule is O=C1O[C@H](c2ccccc2)[C@H](c2ccccc2)N[C@H]1Cc1cc2c(cc1F)COB2O. The van der Waals surface area contributed by atoms with Gasteiger partial charge in [-0.15, -0.1) is 0 Å². The van der Waals surface area contributed by atoms with Gasteiger partial charge in [0.05, 0.1) is 12.6 Å². The number of carbonyl (C=O) groups excluding carboxylic acids is 1. The van der Waals surface area contributed by atoms with Gasteiger partial charge >= 0.3 is 13.1 Å². The summed E-state index contributed by atoms with van der Waals surface area (Å²) in [6, 6.07) is 21.3. The molecule has 3 atom stereocenters. The topological polar surface area (TPSA) is 67.8 Å². The summed E-state index contributed by atoms with van der Waals surface area (Å²) in [5.74, 6) is -0.856. The van der Waals surface area contributed by atoms with Crippen molar-refractivity contribution in [2.75, 3.05) is 0 Å². The van der Waals surface area contributed by atoms with E-state index in [0.717, 1.165) is 11.1 Å². The quantitative estimate of drug-likeness (QED) is 0.505. The number of benzene rings is 3. The summed E-state index contributed by atoms with van der Waals surface area (Å²) in [7, 11) is -1.07. The lowest BCUT2D eigenvalue weighted by atomic mass is 9.78. The molecule has 0 amide bonds. The van der Waals surface area contributed by atoms with Crippen LogP contribution in [0.2, 0.25) is 0 Å². The van der Waals surface area contributed by atoms with E-state index >= 15 is 0 Å². The van der Waals surface area contributed by atoms with Crippen molar-refractivity contribution >= 4 is 18.6 Å². The molecule has 2 aliphatic heterocycles. The van der Waals surface area contributed by atoms with Gasteiger partial charge in [0.15, 0.2) is 0 Å². The Morgan fingerprint density at radius 1 is 1.03 bits per heavy atom. The monoisotopic (exact) mass is 417 g/mol. The van der Waals surface area contributed by atoms with E-state index in [2.05, 4.69) is 5.32 Å². The van der Waals surface area contributed by atoms with Gasteiger partial charge in [-0.3, -0.25) is 10.1 Å². The number of cyclic esters (lactones) is 1. The molecule has 3 aromatic carbocycles. The zero-order valence-electron chi connectivity index (χ0n) is 16.7. The van der Waals surface area contributed by atoms with Crippen molar-refractivity contribution in [3.8, 4) is 0 Å². The summed E-state index contributed by atoms with van der Waals surface area (Å²) in [6.07, 6.45) is -0.386. The van der Waals surface area contributed by atoms with Crippen LogP contribution in [0.4, 0.5) is 4.39 Å². The van der Waals surface area contributed by atoms with Crippen molar-refractivity contribution in [3.05, 3.63) is 101 Å². The molecule has 0 bridgehead atoms.